The van der Waals surface area contributed by atoms with E-state index in [0.717, 1.165) is 31.6 Å². The van der Waals surface area contributed by atoms with Gasteiger partial charge in [-0.3, -0.25) is 4.79 Å². The van der Waals surface area contributed by atoms with Crippen LogP contribution < -0.4 is 5.32 Å². The van der Waals surface area contributed by atoms with E-state index in [9.17, 15) is 4.79 Å². The molecule has 1 amide bonds. The molecule has 1 aromatic carbocycles. The van der Waals surface area contributed by atoms with Crippen molar-refractivity contribution < 1.29 is 4.79 Å². The summed E-state index contributed by atoms with van der Waals surface area (Å²) in [5, 5.41) is 3.53. The molecule has 1 aromatic rings. The van der Waals surface area contributed by atoms with Crippen molar-refractivity contribution in [2.24, 2.45) is 5.41 Å². The Labute approximate surface area is 122 Å². The molecule has 1 saturated heterocycles. The minimum Gasteiger partial charge on any atom is -0.381 e. The van der Waals surface area contributed by atoms with Gasteiger partial charge in [0.25, 0.3) is 0 Å². The molecule has 1 fully saturated rings. The summed E-state index contributed by atoms with van der Waals surface area (Å²) in [4.78, 5) is 14.3. The first-order chi connectivity index (χ1) is 9.44. The van der Waals surface area contributed by atoms with Crippen molar-refractivity contribution in [1.82, 2.24) is 4.90 Å². The van der Waals surface area contributed by atoms with E-state index in [0.29, 0.717) is 12.5 Å². The second-order valence-electron chi connectivity index (χ2n) is 6.93. The molecular weight excluding hydrogens is 248 g/mol. The van der Waals surface area contributed by atoms with Gasteiger partial charge in [-0.2, -0.15) is 0 Å². The Kier molecular flexibility index (Phi) is 4.69. The molecule has 0 bridgehead atoms. The fourth-order valence-corrected chi connectivity index (χ4v) is 2.66. The number of hydrogen-bond donors (Lipinski definition) is 1. The highest BCUT2D eigenvalue weighted by atomic mass is 16.2. The Bertz CT molecular complexity index is 436. The van der Waals surface area contributed by atoms with Crippen molar-refractivity contribution in [3.63, 3.8) is 0 Å². The average molecular weight is 274 g/mol. The highest BCUT2D eigenvalue weighted by Crippen LogP contribution is 2.22. The summed E-state index contributed by atoms with van der Waals surface area (Å²) in [5.41, 5.74) is 1.21. The Balaban J connectivity index is 1.90. The number of nitrogens with one attached hydrogen (secondary N) is 1. The van der Waals surface area contributed by atoms with Crippen LogP contribution in [0.5, 0.6) is 0 Å². The summed E-state index contributed by atoms with van der Waals surface area (Å²) in [6.45, 7) is 8.09. The second kappa shape index (κ2) is 6.29. The number of amides is 1. The standard InChI is InChI=1S/C17H26N2O/c1-17(2,3)12-16(20)19-11-7-10-15(13-19)18-14-8-5-4-6-9-14/h4-6,8-9,15,18H,7,10-13H2,1-3H3. The lowest BCUT2D eigenvalue weighted by atomic mass is 9.91. The van der Waals surface area contributed by atoms with Gasteiger partial charge in [-0.15, -0.1) is 0 Å². The van der Waals surface area contributed by atoms with Gasteiger partial charge in [-0.05, 0) is 30.4 Å². The molecule has 0 radical (unpaired) electrons. The minimum atomic E-state index is 0.0664. The lowest BCUT2D eigenvalue weighted by molar-refractivity contribution is -0.134. The van der Waals surface area contributed by atoms with Crippen molar-refractivity contribution in [2.45, 2.75) is 46.1 Å². The summed E-state index contributed by atoms with van der Waals surface area (Å²) in [7, 11) is 0. The van der Waals surface area contributed by atoms with Crippen LogP contribution in [0.3, 0.4) is 0 Å². The highest BCUT2D eigenvalue weighted by Gasteiger charge is 2.26. The Morgan fingerprint density at radius 3 is 2.65 bits per heavy atom. The van der Waals surface area contributed by atoms with E-state index in [4.69, 9.17) is 0 Å². The maximum atomic E-state index is 12.3. The van der Waals surface area contributed by atoms with E-state index in [2.05, 4.69) is 38.2 Å². The molecule has 0 aliphatic carbocycles. The number of likely N-dealkylation sites (tertiary alicyclic amines) is 1. The number of carbonyl (C=O) groups excluding carboxylic acids is 1. The van der Waals surface area contributed by atoms with Crippen LogP contribution >= 0.6 is 0 Å². The van der Waals surface area contributed by atoms with Gasteiger partial charge in [0, 0.05) is 31.2 Å². The molecule has 1 aliphatic heterocycles. The van der Waals surface area contributed by atoms with Crippen molar-refractivity contribution in [1.29, 1.82) is 0 Å². The molecule has 0 aromatic heterocycles. The third kappa shape index (κ3) is 4.55. The van der Waals surface area contributed by atoms with Gasteiger partial charge in [0.2, 0.25) is 5.91 Å². The predicted molar refractivity (Wildman–Crippen MR) is 83.7 cm³/mol. The quantitative estimate of drug-likeness (QED) is 0.914. The molecule has 3 heteroatoms. The molecule has 3 nitrogen and oxygen atoms in total. The zero-order chi connectivity index (χ0) is 14.6. The molecule has 0 saturated carbocycles. The number of piperidine rings is 1. The summed E-state index contributed by atoms with van der Waals surface area (Å²) in [6, 6.07) is 10.6. The van der Waals surface area contributed by atoms with Gasteiger partial charge < -0.3 is 10.2 Å². The van der Waals surface area contributed by atoms with Gasteiger partial charge in [0.15, 0.2) is 0 Å². The molecule has 1 aliphatic rings. The number of anilines is 1. The minimum absolute atomic E-state index is 0.0664. The fourth-order valence-electron chi connectivity index (χ4n) is 2.66. The largest absolute Gasteiger partial charge is 0.381 e. The van der Waals surface area contributed by atoms with E-state index in [1.807, 2.05) is 23.1 Å². The fraction of sp³-hybridized carbons (Fsp3) is 0.588. The molecule has 2 rings (SSSR count). The lowest BCUT2D eigenvalue weighted by Gasteiger charge is -2.35. The molecule has 1 N–H and O–H groups in total. The van der Waals surface area contributed by atoms with Crippen LogP contribution in [0.1, 0.15) is 40.0 Å². The molecule has 1 atom stereocenters. The molecule has 110 valence electrons. The van der Waals surface area contributed by atoms with Crippen molar-refractivity contribution in [3.05, 3.63) is 30.3 Å². The Morgan fingerprint density at radius 2 is 2.00 bits per heavy atom. The zero-order valence-corrected chi connectivity index (χ0v) is 12.9. The third-order valence-corrected chi connectivity index (χ3v) is 3.60. The number of carbonyl (C=O) groups is 1. The number of rotatable bonds is 3. The highest BCUT2D eigenvalue weighted by molar-refractivity contribution is 5.77. The average Bonchev–Trinajstić information content (AvgIpc) is 2.38. The number of hydrogen-bond acceptors (Lipinski definition) is 2. The van der Waals surface area contributed by atoms with Crippen molar-refractivity contribution in [3.8, 4) is 0 Å². The van der Waals surface area contributed by atoms with Gasteiger partial charge in [0.05, 0.1) is 0 Å². The summed E-state index contributed by atoms with van der Waals surface area (Å²) in [5.74, 6) is 0.289. The van der Waals surface area contributed by atoms with E-state index in [1.165, 1.54) is 0 Å². The van der Waals surface area contributed by atoms with Gasteiger partial charge in [-0.25, -0.2) is 0 Å². The van der Waals surface area contributed by atoms with Gasteiger partial charge in [-0.1, -0.05) is 39.0 Å². The number of para-hydroxylation sites is 1. The van der Waals surface area contributed by atoms with E-state index >= 15 is 0 Å². The van der Waals surface area contributed by atoms with Crippen LogP contribution in [0.2, 0.25) is 0 Å². The molecule has 0 spiro atoms. The van der Waals surface area contributed by atoms with Crippen LogP contribution in [0.25, 0.3) is 0 Å². The molecule has 1 heterocycles. The lowest BCUT2D eigenvalue weighted by Crippen LogP contribution is -2.45. The van der Waals surface area contributed by atoms with Gasteiger partial charge in [0.1, 0.15) is 0 Å². The van der Waals surface area contributed by atoms with Gasteiger partial charge >= 0.3 is 0 Å². The number of benzene rings is 1. The maximum absolute atomic E-state index is 12.3. The van der Waals surface area contributed by atoms with Crippen LogP contribution in [-0.4, -0.2) is 29.9 Å². The van der Waals surface area contributed by atoms with Crippen LogP contribution in [0, 0.1) is 5.41 Å². The summed E-state index contributed by atoms with van der Waals surface area (Å²) < 4.78 is 0. The van der Waals surface area contributed by atoms with Crippen molar-refractivity contribution in [2.75, 3.05) is 18.4 Å². The first-order valence-corrected chi connectivity index (χ1v) is 7.53. The first kappa shape index (κ1) is 14.9. The predicted octanol–water partition coefficient (Wildman–Crippen LogP) is 3.53. The smallest absolute Gasteiger partial charge is 0.223 e. The first-order valence-electron chi connectivity index (χ1n) is 7.53. The van der Waals surface area contributed by atoms with E-state index in [-0.39, 0.29) is 11.3 Å². The second-order valence-corrected chi connectivity index (χ2v) is 6.93. The SMILES string of the molecule is CC(C)(C)CC(=O)N1CCCC(Nc2ccccc2)C1. The molecular formula is C17H26N2O. The van der Waals surface area contributed by atoms with Crippen LogP contribution in [0.4, 0.5) is 5.69 Å². The summed E-state index contributed by atoms with van der Waals surface area (Å²) >= 11 is 0. The third-order valence-electron chi connectivity index (χ3n) is 3.60. The van der Waals surface area contributed by atoms with Crippen LogP contribution in [-0.2, 0) is 4.79 Å². The Hall–Kier alpha value is -1.51. The topological polar surface area (TPSA) is 32.3 Å². The van der Waals surface area contributed by atoms with E-state index < -0.39 is 0 Å². The van der Waals surface area contributed by atoms with E-state index in [1.54, 1.807) is 0 Å². The van der Waals surface area contributed by atoms with Crippen LogP contribution in [0.15, 0.2) is 30.3 Å². The Morgan fingerprint density at radius 1 is 1.30 bits per heavy atom. The zero-order valence-electron chi connectivity index (χ0n) is 12.9. The normalized spacial score (nSPS) is 19.8. The number of nitrogens with zero attached hydrogens (tertiary/aromatic N) is 1. The van der Waals surface area contributed by atoms with Crippen molar-refractivity contribution >= 4 is 11.6 Å². The maximum Gasteiger partial charge on any atom is 0.223 e. The summed E-state index contributed by atoms with van der Waals surface area (Å²) in [6.07, 6.45) is 2.85. The molecule has 20 heavy (non-hydrogen) atoms. The monoisotopic (exact) mass is 274 g/mol. The molecule has 1 unspecified atom stereocenters.